The van der Waals surface area contributed by atoms with Crippen molar-refractivity contribution in [2.75, 3.05) is 13.6 Å². The van der Waals surface area contributed by atoms with Gasteiger partial charge in [-0.1, -0.05) is 30.3 Å². The lowest BCUT2D eigenvalue weighted by Gasteiger charge is -2.30. The maximum Gasteiger partial charge on any atom is 0.227 e. The molecule has 1 amide bonds. The highest BCUT2D eigenvalue weighted by Crippen LogP contribution is 2.48. The highest BCUT2D eigenvalue weighted by atomic mass is 16.2. The van der Waals surface area contributed by atoms with Gasteiger partial charge in [-0.25, -0.2) is 0 Å². The molecule has 0 saturated heterocycles. The predicted octanol–water partition coefficient (Wildman–Crippen LogP) is 2.06. The molecule has 20 heavy (non-hydrogen) atoms. The molecule has 1 aromatic rings. The van der Waals surface area contributed by atoms with Crippen LogP contribution in [0.15, 0.2) is 30.3 Å². The minimum atomic E-state index is 0.0783. The third-order valence-corrected chi connectivity index (χ3v) is 5.22. The lowest BCUT2D eigenvalue weighted by molar-refractivity contribution is -0.136. The van der Waals surface area contributed by atoms with Crippen LogP contribution in [0.1, 0.15) is 24.8 Å². The Balaban J connectivity index is 1.57. The van der Waals surface area contributed by atoms with Crippen molar-refractivity contribution < 1.29 is 4.79 Å². The fourth-order valence-electron chi connectivity index (χ4n) is 4.01. The van der Waals surface area contributed by atoms with Crippen LogP contribution < -0.4 is 5.73 Å². The van der Waals surface area contributed by atoms with Crippen LogP contribution in [0.2, 0.25) is 0 Å². The Bertz CT molecular complexity index is 471. The van der Waals surface area contributed by atoms with Crippen molar-refractivity contribution in [3.63, 3.8) is 0 Å². The van der Waals surface area contributed by atoms with Crippen molar-refractivity contribution in [3.8, 4) is 0 Å². The van der Waals surface area contributed by atoms with E-state index in [0.717, 1.165) is 13.0 Å². The second-order valence-electron chi connectivity index (χ2n) is 6.43. The molecule has 0 unspecified atom stereocenters. The molecule has 0 spiro atoms. The molecular formula is C17H24N2O. The van der Waals surface area contributed by atoms with Crippen LogP contribution in [0, 0.1) is 17.8 Å². The van der Waals surface area contributed by atoms with E-state index in [1.807, 2.05) is 30.1 Å². The summed E-state index contributed by atoms with van der Waals surface area (Å²) >= 11 is 0. The number of rotatable bonds is 4. The van der Waals surface area contributed by atoms with Crippen molar-refractivity contribution >= 4 is 5.91 Å². The van der Waals surface area contributed by atoms with Crippen LogP contribution >= 0.6 is 0 Å². The number of hydrogen-bond acceptors (Lipinski definition) is 2. The van der Waals surface area contributed by atoms with E-state index >= 15 is 0 Å². The zero-order chi connectivity index (χ0) is 14.1. The van der Waals surface area contributed by atoms with E-state index in [2.05, 4.69) is 12.1 Å². The molecule has 108 valence electrons. The normalized spacial score (nSPS) is 31.5. The van der Waals surface area contributed by atoms with Gasteiger partial charge < -0.3 is 10.6 Å². The fourth-order valence-corrected chi connectivity index (χ4v) is 4.01. The van der Waals surface area contributed by atoms with Gasteiger partial charge in [-0.05, 0) is 43.1 Å². The molecule has 0 heterocycles. The number of carbonyl (C=O) groups is 1. The number of nitrogens with two attached hydrogens (primary N) is 1. The molecule has 0 radical (unpaired) electrons. The van der Waals surface area contributed by atoms with Crippen molar-refractivity contribution in [2.24, 2.45) is 23.5 Å². The molecular weight excluding hydrogens is 248 g/mol. The minimum absolute atomic E-state index is 0.0783. The summed E-state index contributed by atoms with van der Waals surface area (Å²) in [5, 5.41) is 0. The lowest BCUT2D eigenvalue weighted by Crippen LogP contribution is -2.46. The maximum atomic E-state index is 12.6. The highest BCUT2D eigenvalue weighted by molar-refractivity contribution is 5.80. The monoisotopic (exact) mass is 272 g/mol. The third kappa shape index (κ3) is 2.47. The summed E-state index contributed by atoms with van der Waals surface area (Å²) in [5.74, 6) is 1.48. The standard InChI is InChI=1S/C17H24N2O/c1-19(10-9-12-5-3-2-4-6-12)17(20)15-13-7-8-14(11-13)16(15)18/h2-6,13-16H,7-11,18H2,1H3/t13-,14-,15-,16+/m0/s1. The van der Waals surface area contributed by atoms with Gasteiger partial charge in [0.25, 0.3) is 0 Å². The summed E-state index contributed by atoms with van der Waals surface area (Å²) in [4.78, 5) is 14.5. The Hall–Kier alpha value is -1.35. The maximum absolute atomic E-state index is 12.6. The SMILES string of the molecule is CN(CCc1ccccc1)C(=O)[C@H]1[C@H]2CC[C@@H](C2)[C@H]1N. The summed E-state index contributed by atoms with van der Waals surface area (Å²) in [6, 6.07) is 10.4. The van der Waals surface area contributed by atoms with Gasteiger partial charge in [0.05, 0.1) is 5.92 Å². The van der Waals surface area contributed by atoms with E-state index < -0.39 is 0 Å². The van der Waals surface area contributed by atoms with Gasteiger partial charge >= 0.3 is 0 Å². The number of amides is 1. The highest BCUT2D eigenvalue weighted by Gasteiger charge is 2.49. The quantitative estimate of drug-likeness (QED) is 0.912. The number of fused-ring (bicyclic) bond motifs is 2. The second-order valence-corrected chi connectivity index (χ2v) is 6.43. The van der Waals surface area contributed by atoms with Crippen LogP contribution in [-0.4, -0.2) is 30.4 Å². The van der Waals surface area contributed by atoms with Crippen LogP contribution in [0.5, 0.6) is 0 Å². The summed E-state index contributed by atoms with van der Waals surface area (Å²) in [6.07, 6.45) is 4.51. The Morgan fingerprint density at radius 2 is 1.95 bits per heavy atom. The van der Waals surface area contributed by atoms with Crippen molar-refractivity contribution in [1.82, 2.24) is 4.90 Å². The zero-order valence-electron chi connectivity index (χ0n) is 12.2. The number of carbonyl (C=O) groups excluding carboxylic acids is 1. The first kappa shape index (κ1) is 13.6. The molecule has 4 atom stereocenters. The Morgan fingerprint density at radius 1 is 1.25 bits per heavy atom. The molecule has 2 aliphatic rings. The Labute approximate surface area is 121 Å². The molecule has 2 fully saturated rings. The van der Waals surface area contributed by atoms with Crippen molar-refractivity contribution in [2.45, 2.75) is 31.7 Å². The molecule has 2 aliphatic carbocycles. The molecule has 2 saturated carbocycles. The zero-order valence-corrected chi connectivity index (χ0v) is 12.2. The van der Waals surface area contributed by atoms with Crippen LogP contribution in [0.3, 0.4) is 0 Å². The number of nitrogens with zero attached hydrogens (tertiary/aromatic N) is 1. The van der Waals surface area contributed by atoms with Gasteiger partial charge in [0.1, 0.15) is 0 Å². The van der Waals surface area contributed by atoms with Gasteiger partial charge in [-0.3, -0.25) is 4.79 Å². The fraction of sp³-hybridized carbons (Fsp3) is 0.588. The van der Waals surface area contributed by atoms with E-state index in [4.69, 9.17) is 5.73 Å². The molecule has 0 aliphatic heterocycles. The third-order valence-electron chi connectivity index (χ3n) is 5.22. The van der Waals surface area contributed by atoms with Crippen LogP contribution in [0.25, 0.3) is 0 Å². The van der Waals surface area contributed by atoms with Gasteiger partial charge in [-0.2, -0.15) is 0 Å². The smallest absolute Gasteiger partial charge is 0.227 e. The number of hydrogen-bond donors (Lipinski definition) is 1. The Kier molecular flexibility index (Phi) is 3.79. The topological polar surface area (TPSA) is 46.3 Å². The molecule has 0 aromatic heterocycles. The lowest BCUT2D eigenvalue weighted by atomic mass is 9.84. The molecule has 3 heteroatoms. The first-order valence-electron chi connectivity index (χ1n) is 7.71. The predicted molar refractivity (Wildman–Crippen MR) is 80.1 cm³/mol. The Morgan fingerprint density at radius 3 is 2.60 bits per heavy atom. The van der Waals surface area contributed by atoms with E-state index in [0.29, 0.717) is 11.8 Å². The molecule has 2 bridgehead atoms. The summed E-state index contributed by atoms with van der Waals surface area (Å²) in [7, 11) is 1.92. The van der Waals surface area contributed by atoms with Gasteiger partial charge in [0.15, 0.2) is 0 Å². The minimum Gasteiger partial charge on any atom is -0.345 e. The second kappa shape index (κ2) is 5.57. The van der Waals surface area contributed by atoms with E-state index in [-0.39, 0.29) is 17.9 Å². The summed E-state index contributed by atoms with van der Waals surface area (Å²) < 4.78 is 0. The first-order valence-corrected chi connectivity index (χ1v) is 7.71. The summed E-state index contributed by atoms with van der Waals surface area (Å²) in [6.45, 7) is 0.781. The van der Waals surface area contributed by atoms with Crippen LogP contribution in [-0.2, 0) is 11.2 Å². The van der Waals surface area contributed by atoms with E-state index in [1.165, 1.54) is 24.8 Å². The largest absolute Gasteiger partial charge is 0.345 e. The van der Waals surface area contributed by atoms with Crippen molar-refractivity contribution in [1.29, 1.82) is 0 Å². The molecule has 3 rings (SSSR count). The van der Waals surface area contributed by atoms with Gasteiger partial charge in [-0.15, -0.1) is 0 Å². The van der Waals surface area contributed by atoms with Gasteiger partial charge in [0, 0.05) is 19.6 Å². The van der Waals surface area contributed by atoms with Crippen molar-refractivity contribution in [3.05, 3.63) is 35.9 Å². The average Bonchev–Trinajstić information content (AvgIpc) is 3.06. The van der Waals surface area contributed by atoms with E-state index in [9.17, 15) is 4.79 Å². The van der Waals surface area contributed by atoms with Crippen LogP contribution in [0.4, 0.5) is 0 Å². The molecule has 3 nitrogen and oxygen atoms in total. The number of benzene rings is 1. The van der Waals surface area contributed by atoms with E-state index in [1.54, 1.807) is 0 Å². The summed E-state index contributed by atoms with van der Waals surface area (Å²) in [5.41, 5.74) is 7.54. The number of likely N-dealkylation sites (N-methyl/N-ethyl adjacent to an activating group) is 1. The molecule has 2 N–H and O–H groups in total. The first-order chi connectivity index (χ1) is 9.66. The average molecular weight is 272 g/mol. The molecule has 1 aromatic carbocycles. The van der Waals surface area contributed by atoms with Gasteiger partial charge in [0.2, 0.25) is 5.91 Å².